The molecule has 0 saturated carbocycles. The van der Waals surface area contributed by atoms with Gasteiger partial charge in [-0.3, -0.25) is 4.79 Å². The molecule has 0 aliphatic carbocycles. The molecule has 0 fully saturated rings. The largest absolute Gasteiger partial charge is 0.466 e. The lowest BCUT2D eigenvalue weighted by Crippen LogP contribution is -2.18. The molecule has 0 bridgehead atoms. The van der Waals surface area contributed by atoms with Gasteiger partial charge >= 0.3 is 5.97 Å². The van der Waals surface area contributed by atoms with Crippen LogP contribution in [0.15, 0.2) is 0 Å². The highest BCUT2D eigenvalue weighted by Gasteiger charge is 2.18. The van der Waals surface area contributed by atoms with E-state index < -0.39 is 0 Å². The number of hydrogen-bond donors (Lipinski definition) is 0. The van der Waals surface area contributed by atoms with E-state index in [1.54, 1.807) is 0 Å². The Labute approximate surface area is 107 Å². The highest BCUT2D eigenvalue weighted by molar-refractivity contribution is 5.69. The standard InChI is InChI=1S/C14H29NO2/c1-12(11-14(2,3)4)10-13(16)17-9-7-8-15(5)6/h12H,7-11H2,1-6H3. The molecule has 1 atom stereocenters. The first kappa shape index (κ1) is 16.4. The highest BCUT2D eigenvalue weighted by atomic mass is 16.5. The number of carbonyl (C=O) groups excluding carboxylic acids is 1. The predicted octanol–water partition coefficient (Wildman–Crippen LogP) is 2.94. The van der Waals surface area contributed by atoms with Crippen LogP contribution in [0.25, 0.3) is 0 Å². The molecule has 3 nitrogen and oxygen atoms in total. The Bertz CT molecular complexity index is 219. The van der Waals surface area contributed by atoms with Crippen molar-refractivity contribution in [3.05, 3.63) is 0 Å². The molecule has 102 valence electrons. The van der Waals surface area contributed by atoms with Crippen LogP contribution in [0.5, 0.6) is 0 Å². The first-order valence-electron chi connectivity index (χ1n) is 6.51. The van der Waals surface area contributed by atoms with Gasteiger partial charge in [0.15, 0.2) is 0 Å². The SMILES string of the molecule is CC(CC(=O)OCCCN(C)C)CC(C)(C)C. The molecular weight excluding hydrogens is 214 g/mol. The summed E-state index contributed by atoms with van der Waals surface area (Å²) in [5.41, 5.74) is 0.282. The fourth-order valence-electron chi connectivity index (χ4n) is 2.03. The van der Waals surface area contributed by atoms with Gasteiger partial charge in [0.1, 0.15) is 0 Å². The highest BCUT2D eigenvalue weighted by Crippen LogP contribution is 2.26. The van der Waals surface area contributed by atoms with E-state index >= 15 is 0 Å². The summed E-state index contributed by atoms with van der Waals surface area (Å²) in [6.07, 6.45) is 2.51. The van der Waals surface area contributed by atoms with Crippen molar-refractivity contribution < 1.29 is 9.53 Å². The van der Waals surface area contributed by atoms with Gasteiger partial charge in [0.2, 0.25) is 0 Å². The van der Waals surface area contributed by atoms with Gasteiger partial charge in [0.05, 0.1) is 6.61 Å². The Kier molecular flexibility index (Phi) is 7.44. The number of esters is 1. The fourth-order valence-corrected chi connectivity index (χ4v) is 2.03. The lowest BCUT2D eigenvalue weighted by atomic mass is 9.84. The zero-order valence-corrected chi connectivity index (χ0v) is 12.4. The van der Waals surface area contributed by atoms with Crippen molar-refractivity contribution >= 4 is 5.97 Å². The van der Waals surface area contributed by atoms with Crippen molar-refractivity contribution in [2.24, 2.45) is 11.3 Å². The zero-order chi connectivity index (χ0) is 13.5. The van der Waals surface area contributed by atoms with E-state index in [0.29, 0.717) is 18.9 Å². The van der Waals surface area contributed by atoms with Crippen molar-refractivity contribution in [2.75, 3.05) is 27.2 Å². The molecule has 0 aliphatic heterocycles. The molecule has 0 radical (unpaired) electrons. The van der Waals surface area contributed by atoms with E-state index in [2.05, 4.69) is 32.6 Å². The average molecular weight is 243 g/mol. The lowest BCUT2D eigenvalue weighted by Gasteiger charge is -2.22. The van der Waals surface area contributed by atoms with E-state index in [4.69, 9.17) is 4.74 Å². The van der Waals surface area contributed by atoms with Crippen molar-refractivity contribution in [3.63, 3.8) is 0 Å². The van der Waals surface area contributed by atoms with Crippen LogP contribution in [0, 0.1) is 11.3 Å². The maximum absolute atomic E-state index is 11.5. The molecule has 0 aliphatic rings. The van der Waals surface area contributed by atoms with Crippen LogP contribution < -0.4 is 0 Å². The van der Waals surface area contributed by atoms with Crippen molar-refractivity contribution in [2.45, 2.75) is 47.0 Å². The summed E-state index contributed by atoms with van der Waals surface area (Å²) in [5, 5.41) is 0. The summed E-state index contributed by atoms with van der Waals surface area (Å²) in [4.78, 5) is 13.6. The molecule has 0 aromatic carbocycles. The summed E-state index contributed by atoms with van der Waals surface area (Å²) < 4.78 is 5.21. The van der Waals surface area contributed by atoms with Gasteiger partial charge in [-0.05, 0) is 38.3 Å². The van der Waals surface area contributed by atoms with Crippen LogP contribution >= 0.6 is 0 Å². The molecule has 0 saturated heterocycles. The first-order chi connectivity index (χ1) is 7.70. The first-order valence-corrected chi connectivity index (χ1v) is 6.51. The summed E-state index contributed by atoms with van der Waals surface area (Å²) in [5.74, 6) is 0.344. The number of hydrogen-bond acceptors (Lipinski definition) is 3. The molecule has 0 aromatic heterocycles. The Morgan fingerprint density at radius 3 is 2.35 bits per heavy atom. The fraction of sp³-hybridized carbons (Fsp3) is 0.929. The Hall–Kier alpha value is -0.570. The maximum atomic E-state index is 11.5. The molecule has 0 amide bonds. The third-order valence-corrected chi connectivity index (χ3v) is 2.49. The van der Waals surface area contributed by atoms with E-state index in [-0.39, 0.29) is 11.4 Å². The molecule has 17 heavy (non-hydrogen) atoms. The van der Waals surface area contributed by atoms with Crippen LogP contribution in [0.1, 0.15) is 47.0 Å². The third kappa shape index (κ3) is 11.7. The van der Waals surface area contributed by atoms with E-state index in [1.165, 1.54) is 0 Å². The number of carbonyl (C=O) groups is 1. The normalized spacial score (nSPS) is 13.8. The van der Waals surface area contributed by atoms with Crippen molar-refractivity contribution in [1.82, 2.24) is 4.90 Å². The quantitative estimate of drug-likeness (QED) is 0.508. The minimum Gasteiger partial charge on any atom is -0.466 e. The second kappa shape index (κ2) is 7.70. The molecule has 3 heteroatoms. The van der Waals surface area contributed by atoms with Gasteiger partial charge in [-0.15, -0.1) is 0 Å². The smallest absolute Gasteiger partial charge is 0.306 e. The topological polar surface area (TPSA) is 29.5 Å². The van der Waals surface area contributed by atoms with Crippen LogP contribution in [-0.4, -0.2) is 38.1 Å². The number of rotatable bonds is 7. The number of ether oxygens (including phenoxy) is 1. The molecule has 0 heterocycles. The van der Waals surface area contributed by atoms with Crippen molar-refractivity contribution in [3.8, 4) is 0 Å². The van der Waals surface area contributed by atoms with Crippen LogP contribution in [-0.2, 0) is 9.53 Å². The predicted molar refractivity (Wildman–Crippen MR) is 72.0 cm³/mol. The summed E-state index contributed by atoms with van der Waals surface area (Å²) in [6, 6.07) is 0. The number of nitrogens with zero attached hydrogens (tertiary/aromatic N) is 1. The minimum atomic E-state index is -0.0551. The van der Waals surface area contributed by atoms with Crippen molar-refractivity contribution in [1.29, 1.82) is 0 Å². The molecule has 0 aromatic rings. The molecular formula is C14H29NO2. The van der Waals surface area contributed by atoms with Gasteiger partial charge in [0.25, 0.3) is 0 Å². The van der Waals surface area contributed by atoms with E-state index in [9.17, 15) is 4.79 Å². The van der Waals surface area contributed by atoms with Gasteiger partial charge in [-0.25, -0.2) is 0 Å². The Balaban J connectivity index is 3.65. The van der Waals surface area contributed by atoms with Gasteiger partial charge in [-0.2, -0.15) is 0 Å². The maximum Gasteiger partial charge on any atom is 0.306 e. The lowest BCUT2D eigenvalue weighted by molar-refractivity contribution is -0.145. The molecule has 0 N–H and O–H groups in total. The molecule has 0 spiro atoms. The van der Waals surface area contributed by atoms with E-state index in [1.807, 2.05) is 14.1 Å². The van der Waals surface area contributed by atoms with Gasteiger partial charge < -0.3 is 9.64 Å². The summed E-state index contributed by atoms with van der Waals surface area (Å²) in [6.45, 7) is 10.2. The summed E-state index contributed by atoms with van der Waals surface area (Å²) >= 11 is 0. The zero-order valence-electron chi connectivity index (χ0n) is 12.4. The van der Waals surface area contributed by atoms with Crippen LogP contribution in [0.3, 0.4) is 0 Å². The van der Waals surface area contributed by atoms with Crippen LogP contribution in [0.2, 0.25) is 0 Å². The summed E-state index contributed by atoms with van der Waals surface area (Å²) in [7, 11) is 4.04. The second-order valence-electron chi connectivity index (χ2n) is 6.45. The van der Waals surface area contributed by atoms with Gasteiger partial charge in [-0.1, -0.05) is 27.7 Å². The monoisotopic (exact) mass is 243 g/mol. The average Bonchev–Trinajstić information content (AvgIpc) is 2.08. The second-order valence-corrected chi connectivity index (χ2v) is 6.45. The third-order valence-electron chi connectivity index (χ3n) is 2.49. The Morgan fingerprint density at radius 1 is 1.29 bits per heavy atom. The van der Waals surface area contributed by atoms with E-state index in [0.717, 1.165) is 19.4 Å². The molecule has 1 unspecified atom stereocenters. The van der Waals surface area contributed by atoms with Gasteiger partial charge in [0, 0.05) is 13.0 Å². The molecule has 0 rings (SSSR count). The minimum absolute atomic E-state index is 0.0551. The van der Waals surface area contributed by atoms with Crippen LogP contribution in [0.4, 0.5) is 0 Å². The Morgan fingerprint density at radius 2 is 1.88 bits per heavy atom.